The Hall–Kier alpha value is -15.0. The van der Waals surface area contributed by atoms with E-state index in [1.54, 1.807) is 86.0 Å². The Balaban J connectivity index is 0.861. The van der Waals surface area contributed by atoms with Gasteiger partial charge in [0, 0.05) is 103 Å². The SMILES string of the molecule is CC(C)c1ccc(Oc2cc3c4c(cc(Oc5ccc(C(C)C)cc5)c5c6c(Oc7ccc(C(C)C)cc7)cc7c8c(cc(Oc9ccc(C(C)C)cc9)c(c2c45)c86)C(=O)N(C(C(=O)N(C)c2cc(OCC4CO4)ccn2)c2ccc4c(c2)oc2ccccc24)C7=O)C(=O)N(C(C(=O)N(C)c2cc(OCC4CC4)ccn2)c2ccc4c(c2)oc2ccccc24)C3=O)cc1. The Morgan fingerprint density at radius 2 is 0.672 bits per heavy atom. The van der Waals surface area contributed by atoms with Crippen LogP contribution in [0.15, 0.2) is 252 Å². The quantitative estimate of drug-likeness (QED) is 0.0212. The Kier molecular flexibility index (Phi) is 19.8. The fourth-order valence-electron chi connectivity index (χ4n) is 17.9. The number of rotatable bonds is 26. The molecule has 0 radical (unpaired) electrons. The average molecular weight is 1700 g/mol. The first-order valence-electron chi connectivity index (χ1n) is 43.4. The predicted octanol–water partition coefficient (Wildman–Crippen LogP) is 24.6. The second-order valence-electron chi connectivity index (χ2n) is 35.0. The minimum Gasteiger partial charge on any atom is -0.493 e. The third-order valence-electron chi connectivity index (χ3n) is 25.3. The van der Waals surface area contributed by atoms with Crippen LogP contribution in [0.4, 0.5) is 11.6 Å². The molecule has 636 valence electrons. The topological polar surface area (TPSA) is 235 Å². The Morgan fingerprint density at radius 3 is 0.992 bits per heavy atom. The Bertz CT molecular complexity index is 6760. The molecule has 21 rings (SSSR count). The number of furan rings is 2. The van der Waals surface area contributed by atoms with Crippen molar-refractivity contribution in [3.8, 4) is 57.5 Å². The molecule has 17 aromatic rings. The highest BCUT2D eigenvalue weighted by molar-refractivity contribution is 6.45. The number of pyridine rings is 2. The molecule has 0 spiro atoms. The van der Waals surface area contributed by atoms with E-state index >= 15 is 28.8 Å². The van der Waals surface area contributed by atoms with Gasteiger partial charge in [-0.1, -0.05) is 165 Å². The standard InChI is InChI=1S/C107H88N6O15/c1-56(2)61-21-31-67(32-22-61)123-86-49-78-92-79(103(115)112(102(78)114)100(65-29-39-76-74-15-11-13-17-82(74)127-84(76)45-65)106(118)110(9)90-47-71(41-43-108-90)120-53-60-19-20-60)50-87(124-68-33-23-62(24-34-68)57(3)4)95-97-89(126-70-37-27-64(28-38-70)59(7)8)52-81-93-80(51-88(96(99(93)97)94(86)98(92)95)125-69-35-25-63(26-36-69)58(5)6)104(116)113(105(81)117)101(66-30-40-77-75-16-12-14-18-83(75)128-85(77)46-66)107(119)111(10)91-48-72(42-44-109-91)121-54-73-55-122-73/h11-18,21-52,56-60,73,100-101H,19-20,53-55H2,1-10H3. The lowest BCUT2D eigenvalue weighted by molar-refractivity contribution is -0.123. The van der Waals surface area contributed by atoms with Gasteiger partial charge in [-0.15, -0.1) is 0 Å². The van der Waals surface area contributed by atoms with Gasteiger partial charge in [-0.25, -0.2) is 9.97 Å². The summed E-state index contributed by atoms with van der Waals surface area (Å²) in [4.78, 5) is 117. The second kappa shape index (κ2) is 31.6. The van der Waals surface area contributed by atoms with E-state index in [-0.39, 0.29) is 147 Å². The van der Waals surface area contributed by atoms with Crippen molar-refractivity contribution in [2.24, 2.45) is 5.92 Å². The maximum atomic E-state index is 17.4. The number of benzene rings is 13. The van der Waals surface area contributed by atoms with Gasteiger partial charge in [0.2, 0.25) is 0 Å². The molecule has 6 amide bonds. The summed E-state index contributed by atoms with van der Waals surface area (Å²) in [5.41, 5.74) is 6.17. The van der Waals surface area contributed by atoms with Crippen molar-refractivity contribution in [1.29, 1.82) is 0 Å². The van der Waals surface area contributed by atoms with Gasteiger partial charge >= 0.3 is 0 Å². The molecule has 7 heterocycles. The molecule has 1 saturated carbocycles. The van der Waals surface area contributed by atoms with Crippen LogP contribution in [0.25, 0.3) is 87.0 Å². The zero-order valence-corrected chi connectivity index (χ0v) is 72.1. The molecule has 3 atom stereocenters. The molecular formula is C107H88N6O15. The highest BCUT2D eigenvalue weighted by Gasteiger charge is 2.49. The molecule has 0 N–H and O–H groups in total. The molecule has 3 aliphatic heterocycles. The number of imide groups is 2. The van der Waals surface area contributed by atoms with Crippen LogP contribution >= 0.6 is 0 Å². The van der Waals surface area contributed by atoms with Gasteiger partial charge in [0.15, 0.2) is 0 Å². The average Bonchev–Trinajstić information content (AvgIpc) is 1.59. The number of ether oxygens (including phenoxy) is 7. The van der Waals surface area contributed by atoms with Gasteiger partial charge in [0.05, 0.1) is 35.5 Å². The van der Waals surface area contributed by atoms with E-state index in [2.05, 4.69) is 60.4 Å². The van der Waals surface area contributed by atoms with Crippen LogP contribution in [0.1, 0.15) is 179 Å². The van der Waals surface area contributed by atoms with Crippen molar-refractivity contribution >= 4 is 134 Å². The number of amides is 6. The number of anilines is 2. The normalized spacial score (nSPS) is 14.9. The summed E-state index contributed by atoms with van der Waals surface area (Å²) in [5, 5.41) is 4.81. The fraction of sp³-hybridized carbons (Fsp3) is 0.215. The van der Waals surface area contributed by atoms with E-state index in [4.69, 9.17) is 47.0 Å². The van der Waals surface area contributed by atoms with Crippen molar-refractivity contribution in [2.75, 3.05) is 43.7 Å². The first kappa shape index (κ1) is 80.2. The van der Waals surface area contributed by atoms with Gasteiger partial charge in [-0.05, 0) is 185 Å². The first-order valence-corrected chi connectivity index (χ1v) is 43.4. The number of fused-ring (bicyclic) bond motifs is 8. The molecule has 21 nitrogen and oxygen atoms in total. The lowest BCUT2D eigenvalue weighted by Crippen LogP contribution is -2.49. The van der Waals surface area contributed by atoms with Crippen molar-refractivity contribution < 1.29 is 70.8 Å². The minimum absolute atomic E-state index is 0.0397. The maximum Gasteiger partial charge on any atom is 0.262 e. The van der Waals surface area contributed by atoms with E-state index in [1.807, 2.05) is 158 Å². The van der Waals surface area contributed by atoms with Gasteiger partial charge in [0.1, 0.15) is 116 Å². The van der Waals surface area contributed by atoms with E-state index in [1.165, 1.54) is 23.0 Å². The van der Waals surface area contributed by atoms with E-state index in [0.29, 0.717) is 76.0 Å². The van der Waals surface area contributed by atoms with Crippen LogP contribution in [0.2, 0.25) is 0 Å². The van der Waals surface area contributed by atoms with Crippen LogP contribution in [0.5, 0.6) is 57.5 Å². The third-order valence-corrected chi connectivity index (χ3v) is 25.3. The van der Waals surface area contributed by atoms with Gasteiger partial charge in [-0.2, -0.15) is 0 Å². The number of carbonyl (C=O) groups excluding carboxylic acids is 6. The molecule has 3 unspecified atom stereocenters. The number of nitrogens with zero attached hydrogens (tertiary/aromatic N) is 6. The zero-order chi connectivity index (χ0) is 87.9. The summed E-state index contributed by atoms with van der Waals surface area (Å²) in [7, 11) is 3.08. The lowest BCUT2D eigenvalue weighted by Gasteiger charge is -2.37. The Morgan fingerprint density at radius 1 is 0.359 bits per heavy atom. The van der Waals surface area contributed by atoms with Crippen LogP contribution in [-0.2, 0) is 14.3 Å². The van der Waals surface area contributed by atoms with E-state index in [0.717, 1.165) is 66.4 Å². The molecule has 21 heteroatoms. The van der Waals surface area contributed by atoms with Crippen molar-refractivity contribution in [2.45, 2.75) is 110 Å². The number of likely N-dealkylation sites (N-methyl/N-ethyl adjacent to an activating group) is 2. The maximum absolute atomic E-state index is 17.4. The number of para-hydroxylation sites is 2. The summed E-state index contributed by atoms with van der Waals surface area (Å²) in [6.45, 7) is 18.0. The number of aromatic nitrogens is 2. The summed E-state index contributed by atoms with van der Waals surface area (Å²) in [5.74, 6) is -1.46. The monoisotopic (exact) mass is 1700 g/mol. The Labute approximate surface area is 736 Å². The molecule has 0 bridgehead atoms. The second-order valence-corrected chi connectivity index (χ2v) is 35.0. The van der Waals surface area contributed by atoms with Gasteiger partial charge in [0.25, 0.3) is 35.4 Å². The lowest BCUT2D eigenvalue weighted by atomic mass is 9.80. The van der Waals surface area contributed by atoms with Gasteiger partial charge in [-0.3, -0.25) is 48.4 Å². The molecule has 1 saturated heterocycles. The summed E-state index contributed by atoms with van der Waals surface area (Å²) >= 11 is 0. The number of hydrogen-bond donors (Lipinski definition) is 0. The highest BCUT2D eigenvalue weighted by atomic mass is 16.6. The van der Waals surface area contributed by atoms with E-state index in [9.17, 15) is 0 Å². The molecule has 1 aliphatic carbocycles. The first-order chi connectivity index (χ1) is 62.0. The largest absolute Gasteiger partial charge is 0.493 e. The van der Waals surface area contributed by atoms with Crippen molar-refractivity contribution in [1.82, 2.24) is 19.8 Å². The van der Waals surface area contributed by atoms with Crippen molar-refractivity contribution in [3.63, 3.8) is 0 Å². The van der Waals surface area contributed by atoms with Crippen LogP contribution in [0.3, 0.4) is 0 Å². The van der Waals surface area contributed by atoms with Crippen LogP contribution in [-0.4, -0.2) is 95.2 Å². The van der Waals surface area contributed by atoms with Crippen LogP contribution in [0, 0.1) is 5.92 Å². The molecule has 4 aliphatic rings. The summed E-state index contributed by atoms with van der Waals surface area (Å²) in [6, 6.07) is 65.7. The fourth-order valence-corrected chi connectivity index (χ4v) is 17.9. The molecule has 128 heavy (non-hydrogen) atoms. The number of epoxide rings is 1. The number of hydrogen-bond acceptors (Lipinski definition) is 17. The number of carbonyl (C=O) groups is 6. The van der Waals surface area contributed by atoms with E-state index < -0.39 is 47.5 Å². The smallest absolute Gasteiger partial charge is 0.262 e. The van der Waals surface area contributed by atoms with Gasteiger partial charge < -0.3 is 42.0 Å². The van der Waals surface area contributed by atoms with Crippen LogP contribution < -0.4 is 38.2 Å². The highest BCUT2D eigenvalue weighted by Crippen LogP contribution is 2.59. The zero-order valence-electron chi connectivity index (χ0n) is 72.1. The molecular weight excluding hydrogens is 1610 g/mol. The predicted molar refractivity (Wildman–Crippen MR) is 493 cm³/mol. The summed E-state index contributed by atoms with van der Waals surface area (Å²) < 4.78 is 61.1. The molecule has 4 aromatic heterocycles. The summed E-state index contributed by atoms with van der Waals surface area (Å²) in [6.07, 6.45) is 5.08. The minimum atomic E-state index is -1.75. The molecule has 2 fully saturated rings. The third kappa shape index (κ3) is 14.1. The van der Waals surface area contributed by atoms with Crippen molar-refractivity contribution in [3.05, 3.63) is 299 Å². The molecule has 13 aromatic carbocycles.